The lowest BCUT2D eigenvalue weighted by Crippen LogP contribution is -2.57. The third kappa shape index (κ3) is 5.17. The molecule has 1 unspecified atom stereocenters. The van der Waals surface area contributed by atoms with Gasteiger partial charge in [0.05, 0.1) is 6.04 Å². The molecule has 1 saturated heterocycles. The number of rotatable bonds is 5. The number of nitrogens with zero attached hydrogens (tertiary/aromatic N) is 4. The maximum absolute atomic E-state index is 13.2. The summed E-state index contributed by atoms with van der Waals surface area (Å²) in [4.78, 5) is 24.5. The fourth-order valence-corrected chi connectivity index (χ4v) is 4.94. The van der Waals surface area contributed by atoms with Crippen LogP contribution in [0.25, 0.3) is 0 Å². The van der Waals surface area contributed by atoms with Gasteiger partial charge in [-0.15, -0.1) is 0 Å². The van der Waals surface area contributed by atoms with E-state index in [9.17, 15) is 4.79 Å². The third-order valence-corrected chi connectivity index (χ3v) is 6.58. The number of anilines is 1. The van der Waals surface area contributed by atoms with Crippen LogP contribution in [0.4, 0.5) is 10.5 Å². The number of amides is 2. The average Bonchev–Trinajstić information content (AvgIpc) is 3.02. The molecule has 2 aromatic carbocycles. The second-order valence-corrected chi connectivity index (χ2v) is 8.88. The number of aromatic nitrogens is 1. The average molecular weight is 442 g/mol. The molecule has 1 aromatic heterocycles. The molecule has 0 aliphatic carbocycles. The topological polar surface area (TPSA) is 51.7 Å². The molecule has 1 fully saturated rings. The van der Waals surface area contributed by atoms with Gasteiger partial charge >= 0.3 is 6.03 Å². The summed E-state index contributed by atoms with van der Waals surface area (Å²) in [7, 11) is 0. The minimum atomic E-state index is 0.00256. The number of urea groups is 1. The normalized spacial score (nSPS) is 18.2. The first kappa shape index (κ1) is 21.5. The van der Waals surface area contributed by atoms with Gasteiger partial charge in [0, 0.05) is 69.8 Å². The van der Waals surface area contributed by atoms with Crippen LogP contribution in [-0.2, 0) is 19.5 Å². The van der Waals surface area contributed by atoms with Gasteiger partial charge in [0.15, 0.2) is 0 Å². The molecule has 0 spiro atoms. The predicted molar refractivity (Wildman–Crippen MR) is 131 cm³/mol. The number of nitrogens with one attached hydrogen (secondary N) is 1. The van der Waals surface area contributed by atoms with Crippen molar-refractivity contribution in [2.45, 2.75) is 25.6 Å². The van der Waals surface area contributed by atoms with Gasteiger partial charge in [-0.3, -0.25) is 9.88 Å². The summed E-state index contributed by atoms with van der Waals surface area (Å²) in [5.41, 5.74) is 4.82. The fraction of sp³-hybridized carbons (Fsp3) is 0.333. The molecule has 6 heteroatoms. The molecule has 2 aliphatic rings. The maximum Gasteiger partial charge on any atom is 0.317 e. The number of piperazine rings is 1. The van der Waals surface area contributed by atoms with E-state index in [1.165, 1.54) is 16.8 Å². The first-order valence-corrected chi connectivity index (χ1v) is 11.8. The van der Waals surface area contributed by atoms with Crippen LogP contribution >= 0.6 is 0 Å². The Morgan fingerprint density at radius 3 is 2.61 bits per heavy atom. The predicted octanol–water partition coefficient (Wildman–Crippen LogP) is 3.54. The second-order valence-electron chi connectivity index (χ2n) is 8.88. The zero-order chi connectivity index (χ0) is 22.5. The second kappa shape index (κ2) is 10.0. The van der Waals surface area contributed by atoms with E-state index in [1.807, 2.05) is 23.1 Å². The third-order valence-electron chi connectivity index (χ3n) is 6.58. The summed E-state index contributed by atoms with van der Waals surface area (Å²) in [5, 5.41) is 3.12. The van der Waals surface area contributed by atoms with Gasteiger partial charge in [0.2, 0.25) is 0 Å². The van der Waals surface area contributed by atoms with Crippen molar-refractivity contribution in [1.82, 2.24) is 20.1 Å². The summed E-state index contributed by atoms with van der Waals surface area (Å²) in [6.07, 6.45) is 2.53. The van der Waals surface area contributed by atoms with Crippen LogP contribution in [0.15, 0.2) is 79.0 Å². The van der Waals surface area contributed by atoms with Crippen molar-refractivity contribution < 1.29 is 4.79 Å². The molecule has 2 aliphatic heterocycles. The molecule has 0 radical (unpaired) electrons. The Hall–Kier alpha value is -3.38. The van der Waals surface area contributed by atoms with Crippen LogP contribution in [0, 0.1) is 0 Å². The number of pyridine rings is 1. The quantitative estimate of drug-likeness (QED) is 0.658. The van der Waals surface area contributed by atoms with Gasteiger partial charge in [-0.2, -0.15) is 0 Å². The number of benzene rings is 2. The highest BCUT2D eigenvalue weighted by atomic mass is 16.2. The van der Waals surface area contributed by atoms with Crippen LogP contribution in [0.3, 0.4) is 0 Å². The van der Waals surface area contributed by atoms with Crippen molar-refractivity contribution in [2.24, 2.45) is 0 Å². The van der Waals surface area contributed by atoms with Gasteiger partial charge in [0.1, 0.15) is 0 Å². The zero-order valence-electron chi connectivity index (χ0n) is 18.9. The summed E-state index contributed by atoms with van der Waals surface area (Å²) < 4.78 is 0. The molecule has 3 aromatic rings. The number of carbonyl (C=O) groups is 1. The van der Waals surface area contributed by atoms with Crippen LogP contribution in [-0.4, -0.2) is 59.6 Å². The summed E-state index contributed by atoms with van der Waals surface area (Å²) >= 11 is 0. The van der Waals surface area contributed by atoms with E-state index in [2.05, 4.69) is 74.7 Å². The Bertz CT molecular complexity index is 1060. The Morgan fingerprint density at radius 1 is 0.939 bits per heavy atom. The van der Waals surface area contributed by atoms with Crippen molar-refractivity contribution in [1.29, 1.82) is 0 Å². The smallest absolute Gasteiger partial charge is 0.317 e. The Morgan fingerprint density at radius 2 is 1.76 bits per heavy atom. The van der Waals surface area contributed by atoms with Crippen LogP contribution in [0.1, 0.15) is 16.8 Å². The van der Waals surface area contributed by atoms with E-state index < -0.39 is 0 Å². The lowest BCUT2D eigenvalue weighted by atomic mass is 10.1. The van der Waals surface area contributed by atoms with Crippen molar-refractivity contribution >= 4 is 11.7 Å². The lowest BCUT2D eigenvalue weighted by molar-refractivity contribution is 0.169. The Labute approximate surface area is 195 Å². The zero-order valence-corrected chi connectivity index (χ0v) is 18.9. The maximum atomic E-state index is 13.2. The molecular weight excluding hydrogens is 410 g/mol. The molecule has 3 heterocycles. The molecule has 2 amide bonds. The number of carbonyl (C=O) groups excluding carboxylic acids is 1. The van der Waals surface area contributed by atoms with Gasteiger partial charge in [-0.25, -0.2) is 4.79 Å². The first-order chi connectivity index (χ1) is 16.3. The summed E-state index contributed by atoms with van der Waals surface area (Å²) in [6, 6.07) is 25.3. The van der Waals surface area contributed by atoms with Gasteiger partial charge in [-0.05, 0) is 29.3 Å². The number of hydrogen-bond acceptors (Lipinski definition) is 4. The van der Waals surface area contributed by atoms with Crippen LogP contribution in [0.5, 0.6) is 0 Å². The molecule has 5 rings (SSSR count). The van der Waals surface area contributed by atoms with Crippen LogP contribution < -0.4 is 10.2 Å². The fourth-order valence-electron chi connectivity index (χ4n) is 4.94. The van der Waals surface area contributed by atoms with Crippen LogP contribution in [0.2, 0.25) is 0 Å². The molecule has 0 saturated carbocycles. The van der Waals surface area contributed by atoms with Crippen molar-refractivity contribution in [3.05, 3.63) is 95.8 Å². The highest BCUT2D eigenvalue weighted by molar-refractivity contribution is 5.75. The largest absolute Gasteiger partial charge is 0.364 e. The molecule has 1 atom stereocenters. The van der Waals surface area contributed by atoms with Gasteiger partial charge in [-0.1, -0.05) is 54.6 Å². The molecule has 1 N–H and O–H groups in total. The van der Waals surface area contributed by atoms with E-state index in [-0.39, 0.29) is 12.1 Å². The van der Waals surface area contributed by atoms with Gasteiger partial charge < -0.3 is 15.1 Å². The highest BCUT2D eigenvalue weighted by Crippen LogP contribution is 2.30. The minimum Gasteiger partial charge on any atom is -0.364 e. The van der Waals surface area contributed by atoms with E-state index in [4.69, 9.17) is 0 Å². The highest BCUT2D eigenvalue weighted by Gasteiger charge is 2.34. The van der Waals surface area contributed by atoms with Gasteiger partial charge in [0.25, 0.3) is 0 Å². The van der Waals surface area contributed by atoms with Crippen molar-refractivity contribution in [3.8, 4) is 0 Å². The first-order valence-electron chi connectivity index (χ1n) is 11.8. The molecule has 6 nitrogen and oxygen atoms in total. The monoisotopic (exact) mass is 441 g/mol. The SMILES string of the molecule is O=C(NCCc1ccccn1)N1Cc2ccccc2N2CCN(Cc3ccccc3)CC2C1. The summed E-state index contributed by atoms with van der Waals surface area (Å²) in [6.45, 7) is 5.83. The van der Waals surface area contributed by atoms with Crippen molar-refractivity contribution in [3.63, 3.8) is 0 Å². The lowest BCUT2D eigenvalue weighted by Gasteiger charge is -2.43. The summed E-state index contributed by atoms with van der Waals surface area (Å²) in [5.74, 6) is 0. The molecular formula is C27H31N5O. The van der Waals surface area contributed by atoms with Crippen molar-refractivity contribution in [2.75, 3.05) is 37.6 Å². The van der Waals surface area contributed by atoms with E-state index in [0.717, 1.165) is 44.8 Å². The Balaban J connectivity index is 1.28. The number of hydrogen-bond donors (Lipinski definition) is 1. The molecule has 0 bridgehead atoms. The Kier molecular flexibility index (Phi) is 6.53. The number of fused-ring (bicyclic) bond motifs is 3. The van der Waals surface area contributed by atoms with E-state index >= 15 is 0 Å². The standard InChI is InChI=1S/C27H31N5O/c33-27(29-15-13-24-11-6-7-14-28-24)31-19-23-10-4-5-12-26(23)32-17-16-30(20-25(32)21-31)18-22-8-2-1-3-9-22/h1-12,14,25H,13,15-21H2,(H,29,33). The van der Waals surface area contributed by atoms with E-state index in [1.54, 1.807) is 6.20 Å². The minimum absolute atomic E-state index is 0.00256. The molecule has 170 valence electrons. The van der Waals surface area contributed by atoms with E-state index in [0.29, 0.717) is 13.1 Å². The number of para-hydroxylation sites is 1. The molecule has 33 heavy (non-hydrogen) atoms.